The number of carbonyl (C=O) groups is 1. The van der Waals surface area contributed by atoms with Crippen LogP contribution in [0.3, 0.4) is 0 Å². The molecule has 0 saturated carbocycles. The van der Waals surface area contributed by atoms with Gasteiger partial charge in [-0.1, -0.05) is 59.6 Å². The lowest BCUT2D eigenvalue weighted by Crippen LogP contribution is -2.39. The Morgan fingerprint density at radius 1 is 0.926 bits per heavy atom. The molecule has 0 fully saturated rings. The first-order valence-electron chi connectivity index (χ1n) is 8.36. The first-order chi connectivity index (χ1) is 13.1. The average Bonchev–Trinajstić information content (AvgIpc) is 2.67. The molecule has 0 saturated heterocycles. The minimum absolute atomic E-state index is 0.187. The molecule has 3 aromatic carbocycles. The van der Waals surface area contributed by atoms with Crippen molar-refractivity contribution in [2.75, 3.05) is 5.32 Å². The highest BCUT2D eigenvalue weighted by Gasteiger charge is 2.32. The molecule has 1 heterocycles. The zero-order valence-electron chi connectivity index (χ0n) is 14.1. The Hall–Kier alpha value is -2.82. The third-order valence-corrected chi connectivity index (χ3v) is 4.72. The SMILES string of the molecule is O=C1c2ccccc2N[C@@H](c2cccc(Cl)c2)N1/N=C\c1cccc(Cl)c1. The van der Waals surface area contributed by atoms with Gasteiger partial charge in [-0.2, -0.15) is 5.10 Å². The predicted molar refractivity (Wildman–Crippen MR) is 109 cm³/mol. The minimum Gasteiger partial charge on any atom is -0.359 e. The maximum absolute atomic E-state index is 13.1. The molecule has 0 aromatic heterocycles. The van der Waals surface area contributed by atoms with Crippen LogP contribution in [0.2, 0.25) is 10.0 Å². The van der Waals surface area contributed by atoms with Crippen LogP contribution in [-0.2, 0) is 0 Å². The van der Waals surface area contributed by atoms with E-state index in [1.54, 1.807) is 30.5 Å². The number of amides is 1. The molecule has 6 heteroatoms. The number of hydrazone groups is 1. The van der Waals surface area contributed by atoms with E-state index in [-0.39, 0.29) is 5.91 Å². The number of nitrogens with one attached hydrogen (secondary N) is 1. The maximum Gasteiger partial charge on any atom is 0.278 e. The maximum atomic E-state index is 13.1. The van der Waals surface area contributed by atoms with Crippen molar-refractivity contribution in [2.45, 2.75) is 6.17 Å². The van der Waals surface area contributed by atoms with Gasteiger partial charge < -0.3 is 5.32 Å². The first-order valence-corrected chi connectivity index (χ1v) is 9.11. The highest BCUT2D eigenvalue weighted by molar-refractivity contribution is 6.31. The van der Waals surface area contributed by atoms with Crippen molar-refractivity contribution < 1.29 is 4.79 Å². The van der Waals surface area contributed by atoms with Crippen LogP contribution in [0.5, 0.6) is 0 Å². The van der Waals surface area contributed by atoms with Gasteiger partial charge in [0.2, 0.25) is 0 Å². The van der Waals surface area contributed by atoms with Crippen LogP contribution >= 0.6 is 23.2 Å². The van der Waals surface area contributed by atoms with Crippen molar-refractivity contribution in [2.24, 2.45) is 5.10 Å². The van der Waals surface area contributed by atoms with Gasteiger partial charge in [-0.3, -0.25) is 4.79 Å². The Balaban J connectivity index is 1.76. The number of hydrogen-bond acceptors (Lipinski definition) is 3. The monoisotopic (exact) mass is 395 g/mol. The second-order valence-electron chi connectivity index (χ2n) is 6.10. The lowest BCUT2D eigenvalue weighted by atomic mass is 10.1. The number of anilines is 1. The Labute approximate surface area is 167 Å². The third kappa shape index (κ3) is 3.68. The quantitative estimate of drug-likeness (QED) is 0.587. The number of fused-ring (bicyclic) bond motifs is 1. The summed E-state index contributed by atoms with van der Waals surface area (Å²) < 4.78 is 0. The van der Waals surface area contributed by atoms with Gasteiger partial charge in [0, 0.05) is 15.7 Å². The van der Waals surface area contributed by atoms with E-state index in [0.717, 1.165) is 16.8 Å². The van der Waals surface area contributed by atoms with Crippen LogP contribution < -0.4 is 5.32 Å². The normalized spacial score (nSPS) is 16.3. The van der Waals surface area contributed by atoms with Crippen molar-refractivity contribution in [3.63, 3.8) is 0 Å². The Morgan fingerprint density at radius 2 is 1.67 bits per heavy atom. The van der Waals surface area contributed by atoms with Crippen LogP contribution in [0.15, 0.2) is 77.9 Å². The number of rotatable bonds is 3. The van der Waals surface area contributed by atoms with E-state index in [1.165, 1.54) is 5.01 Å². The minimum atomic E-state index is -0.471. The summed E-state index contributed by atoms with van der Waals surface area (Å²) in [5.41, 5.74) is 2.98. The van der Waals surface area contributed by atoms with Gasteiger partial charge in [-0.05, 0) is 47.5 Å². The van der Waals surface area contributed by atoms with E-state index in [1.807, 2.05) is 48.5 Å². The molecular weight excluding hydrogens is 381 g/mol. The van der Waals surface area contributed by atoms with Crippen molar-refractivity contribution in [1.29, 1.82) is 0 Å². The van der Waals surface area contributed by atoms with Crippen LogP contribution in [0, 0.1) is 0 Å². The highest BCUT2D eigenvalue weighted by atomic mass is 35.5. The summed E-state index contributed by atoms with van der Waals surface area (Å²) in [5.74, 6) is -0.187. The van der Waals surface area contributed by atoms with Crippen molar-refractivity contribution >= 4 is 41.0 Å². The fourth-order valence-corrected chi connectivity index (χ4v) is 3.38. The number of hydrogen-bond donors (Lipinski definition) is 1. The summed E-state index contributed by atoms with van der Waals surface area (Å²) in [6.45, 7) is 0. The van der Waals surface area contributed by atoms with E-state index < -0.39 is 6.17 Å². The lowest BCUT2D eigenvalue weighted by molar-refractivity contribution is 0.0691. The molecule has 0 unspecified atom stereocenters. The molecule has 0 aliphatic carbocycles. The van der Waals surface area contributed by atoms with Crippen LogP contribution in [0.1, 0.15) is 27.7 Å². The van der Waals surface area contributed by atoms with Crippen molar-refractivity contribution in [1.82, 2.24) is 5.01 Å². The summed E-state index contributed by atoms with van der Waals surface area (Å²) in [7, 11) is 0. The fraction of sp³-hybridized carbons (Fsp3) is 0.0476. The van der Waals surface area contributed by atoms with Crippen molar-refractivity contribution in [3.8, 4) is 0 Å². The molecule has 134 valence electrons. The zero-order chi connectivity index (χ0) is 18.8. The topological polar surface area (TPSA) is 44.7 Å². The summed E-state index contributed by atoms with van der Waals surface area (Å²) >= 11 is 12.2. The second kappa shape index (κ2) is 7.43. The van der Waals surface area contributed by atoms with Crippen LogP contribution in [-0.4, -0.2) is 17.1 Å². The molecule has 0 bridgehead atoms. The largest absolute Gasteiger partial charge is 0.359 e. The first kappa shape index (κ1) is 17.6. The van der Waals surface area contributed by atoms with Gasteiger partial charge in [-0.15, -0.1) is 0 Å². The number of carbonyl (C=O) groups excluding carboxylic acids is 1. The molecule has 3 aromatic rings. The summed E-state index contributed by atoms with van der Waals surface area (Å²) in [6.07, 6.45) is 1.15. The summed E-state index contributed by atoms with van der Waals surface area (Å²) in [5, 5.41) is 10.5. The molecule has 4 rings (SSSR count). The predicted octanol–water partition coefficient (Wildman–Crippen LogP) is 5.59. The molecule has 0 radical (unpaired) electrons. The Bertz CT molecular complexity index is 1040. The average molecular weight is 396 g/mol. The lowest BCUT2D eigenvalue weighted by Gasteiger charge is -2.34. The van der Waals surface area contributed by atoms with E-state index in [9.17, 15) is 4.79 Å². The van der Waals surface area contributed by atoms with Crippen LogP contribution in [0.25, 0.3) is 0 Å². The van der Waals surface area contributed by atoms with Crippen molar-refractivity contribution in [3.05, 3.63) is 99.5 Å². The molecule has 1 amide bonds. The smallest absolute Gasteiger partial charge is 0.278 e. The molecule has 1 N–H and O–H groups in total. The van der Waals surface area contributed by atoms with E-state index in [2.05, 4.69) is 10.4 Å². The number of nitrogens with zero attached hydrogens (tertiary/aromatic N) is 2. The van der Waals surface area contributed by atoms with Gasteiger partial charge in [-0.25, -0.2) is 5.01 Å². The Kier molecular flexibility index (Phi) is 4.84. The molecular formula is C21H15Cl2N3O. The van der Waals surface area contributed by atoms with Gasteiger partial charge in [0.15, 0.2) is 6.17 Å². The van der Waals surface area contributed by atoms with Gasteiger partial charge in [0.25, 0.3) is 5.91 Å². The summed E-state index contributed by atoms with van der Waals surface area (Å²) in [6, 6.07) is 22.0. The third-order valence-electron chi connectivity index (χ3n) is 4.25. The van der Waals surface area contributed by atoms with Gasteiger partial charge in [0.05, 0.1) is 11.8 Å². The number of benzene rings is 3. The highest BCUT2D eigenvalue weighted by Crippen LogP contribution is 2.34. The number of halogens is 2. The van der Waals surface area contributed by atoms with E-state index in [4.69, 9.17) is 23.2 Å². The number of para-hydroxylation sites is 1. The second-order valence-corrected chi connectivity index (χ2v) is 6.97. The molecule has 1 aliphatic heterocycles. The standard InChI is InChI=1S/C21H15Cl2N3O/c22-16-7-3-5-14(11-16)13-24-26-20(15-6-4-8-17(23)12-15)25-19-10-2-1-9-18(19)21(26)27/h1-13,20,25H/b24-13-/t20-/m1/s1. The molecule has 4 nitrogen and oxygen atoms in total. The van der Waals surface area contributed by atoms with Gasteiger partial charge in [0.1, 0.15) is 0 Å². The molecule has 27 heavy (non-hydrogen) atoms. The fourth-order valence-electron chi connectivity index (χ4n) is 2.98. The molecule has 1 aliphatic rings. The van der Waals surface area contributed by atoms with E-state index in [0.29, 0.717) is 15.6 Å². The van der Waals surface area contributed by atoms with Crippen LogP contribution in [0.4, 0.5) is 5.69 Å². The molecule has 0 spiro atoms. The Morgan fingerprint density at radius 3 is 2.44 bits per heavy atom. The molecule has 1 atom stereocenters. The van der Waals surface area contributed by atoms with Gasteiger partial charge >= 0.3 is 0 Å². The summed E-state index contributed by atoms with van der Waals surface area (Å²) in [4.78, 5) is 13.1. The zero-order valence-corrected chi connectivity index (χ0v) is 15.7. The van der Waals surface area contributed by atoms with E-state index >= 15 is 0 Å².